The summed E-state index contributed by atoms with van der Waals surface area (Å²) in [6.07, 6.45) is 0. The monoisotopic (exact) mass is 127 g/mol. The van der Waals surface area contributed by atoms with E-state index in [1.165, 1.54) is 5.56 Å². The molecule has 8 heavy (non-hydrogen) atoms. The summed E-state index contributed by atoms with van der Waals surface area (Å²) in [5, 5.41) is 0.921. The Morgan fingerprint density at radius 2 is 2.12 bits per heavy atom. The SMILES string of the molecule is Cc1cccc([ClH+])c1. The highest BCUT2D eigenvalue weighted by Gasteiger charge is 1.91. The molecule has 0 amide bonds. The van der Waals surface area contributed by atoms with Crippen molar-refractivity contribution in [1.82, 2.24) is 0 Å². The average molecular weight is 128 g/mol. The van der Waals surface area contributed by atoms with E-state index in [9.17, 15) is 0 Å². The highest BCUT2D eigenvalue weighted by molar-refractivity contribution is 5.17. The summed E-state index contributed by atoms with van der Waals surface area (Å²) in [5.41, 5.74) is 1.23. The fourth-order valence-electron chi connectivity index (χ4n) is 0.615. The molecule has 0 saturated carbocycles. The van der Waals surface area contributed by atoms with Crippen LogP contribution in [0.2, 0.25) is 5.02 Å². The van der Waals surface area contributed by atoms with Gasteiger partial charge in [-0.2, -0.15) is 0 Å². The highest BCUT2D eigenvalue weighted by atomic mass is 35.5. The van der Waals surface area contributed by atoms with E-state index in [-0.39, 0.29) is 0 Å². The van der Waals surface area contributed by atoms with E-state index in [1.54, 1.807) is 0 Å². The Morgan fingerprint density at radius 3 is 2.50 bits per heavy atom. The van der Waals surface area contributed by atoms with Gasteiger partial charge in [0.15, 0.2) is 11.6 Å². The molecule has 0 spiro atoms. The first-order chi connectivity index (χ1) is 3.79. The minimum atomic E-state index is 0.921. The largest absolute Gasteiger partial charge is 0.225 e. The maximum atomic E-state index is 4.90. The Labute approximate surface area is 54.1 Å². The summed E-state index contributed by atoms with van der Waals surface area (Å²) in [4.78, 5) is 0. The number of aryl methyl sites for hydroxylation is 1. The zero-order valence-electron chi connectivity index (χ0n) is 4.72. The molecule has 0 radical (unpaired) electrons. The lowest BCUT2D eigenvalue weighted by Gasteiger charge is -1.83. The second-order valence-electron chi connectivity index (χ2n) is 1.82. The van der Waals surface area contributed by atoms with Crippen molar-refractivity contribution >= 4 is 0 Å². The quantitative estimate of drug-likeness (QED) is 0.498. The molecule has 0 aliphatic heterocycles. The van der Waals surface area contributed by atoms with E-state index in [0.717, 1.165) is 5.02 Å². The second-order valence-corrected chi connectivity index (χ2v) is 2.29. The lowest BCUT2D eigenvalue weighted by molar-refractivity contribution is -0.288. The predicted octanol–water partition coefficient (Wildman–Crippen LogP) is 1.69. The highest BCUT2D eigenvalue weighted by Crippen LogP contribution is 2.01. The summed E-state index contributed by atoms with van der Waals surface area (Å²) >= 11 is 4.90. The van der Waals surface area contributed by atoms with Crippen LogP contribution < -0.4 is 0 Å². The van der Waals surface area contributed by atoms with Crippen LogP contribution in [0.15, 0.2) is 24.3 Å². The molecule has 1 rings (SSSR count). The molecule has 1 aromatic carbocycles. The van der Waals surface area contributed by atoms with Crippen LogP contribution in [0.5, 0.6) is 0 Å². The van der Waals surface area contributed by atoms with Crippen LogP contribution in [0.3, 0.4) is 0 Å². The third kappa shape index (κ3) is 1.24. The first-order valence-electron chi connectivity index (χ1n) is 2.53. The third-order valence-electron chi connectivity index (χ3n) is 0.990. The fraction of sp³-hybridized carbons (Fsp3) is 0.143. The van der Waals surface area contributed by atoms with E-state index >= 15 is 0 Å². The molecule has 0 saturated heterocycles. The Bertz CT molecular complexity index is 164. The zero-order valence-corrected chi connectivity index (χ0v) is 5.53. The third-order valence-corrected chi connectivity index (χ3v) is 1.24. The van der Waals surface area contributed by atoms with Gasteiger partial charge in [0.25, 0.3) is 0 Å². The number of benzene rings is 1. The van der Waals surface area contributed by atoms with Crippen LogP contribution in [0.1, 0.15) is 5.56 Å². The standard InChI is InChI=1S/C7H8Cl/c1-6-3-2-4-7(8)5-6/h2-5,8H,1H3/q+1. The molecule has 0 atom stereocenters. The average Bonchev–Trinajstić information content (AvgIpc) is 1.64. The first-order valence-corrected chi connectivity index (χ1v) is 2.93. The maximum absolute atomic E-state index is 4.90. The molecule has 0 N–H and O–H groups in total. The van der Waals surface area contributed by atoms with Crippen LogP contribution >= 0.6 is 0 Å². The smallest absolute Gasteiger partial charge is 0.0589 e. The van der Waals surface area contributed by atoms with Gasteiger partial charge in [-0.05, 0) is 12.5 Å². The maximum Gasteiger partial charge on any atom is 0.225 e. The van der Waals surface area contributed by atoms with Gasteiger partial charge in [-0.1, -0.05) is 12.1 Å². The molecule has 0 nitrogen and oxygen atoms in total. The van der Waals surface area contributed by atoms with E-state index in [4.69, 9.17) is 11.6 Å². The van der Waals surface area contributed by atoms with Crippen LogP contribution in [-0.2, 0) is 0 Å². The molecule has 1 aromatic rings. The van der Waals surface area contributed by atoms with Crippen LogP contribution in [0.4, 0.5) is 0 Å². The van der Waals surface area contributed by atoms with Gasteiger partial charge >= 0.3 is 0 Å². The van der Waals surface area contributed by atoms with Crippen LogP contribution in [-0.4, -0.2) is 0 Å². The van der Waals surface area contributed by atoms with Crippen molar-refractivity contribution < 1.29 is 11.6 Å². The van der Waals surface area contributed by atoms with Gasteiger partial charge in [-0.25, -0.2) is 0 Å². The fourth-order valence-corrected chi connectivity index (χ4v) is 0.880. The van der Waals surface area contributed by atoms with Gasteiger partial charge in [0.05, 0.1) is 0 Å². The van der Waals surface area contributed by atoms with Crippen molar-refractivity contribution in [2.24, 2.45) is 0 Å². The summed E-state index contributed by atoms with van der Waals surface area (Å²) in [7, 11) is 0. The molecule has 42 valence electrons. The van der Waals surface area contributed by atoms with Gasteiger partial charge < -0.3 is 0 Å². The van der Waals surface area contributed by atoms with Crippen molar-refractivity contribution in [2.45, 2.75) is 6.92 Å². The molecular weight excluding hydrogens is 120 g/mol. The first kappa shape index (κ1) is 5.64. The van der Waals surface area contributed by atoms with E-state index < -0.39 is 0 Å². The summed E-state index contributed by atoms with van der Waals surface area (Å²) in [5.74, 6) is 0. The summed E-state index contributed by atoms with van der Waals surface area (Å²) in [6.45, 7) is 2.04. The Morgan fingerprint density at radius 1 is 1.38 bits per heavy atom. The van der Waals surface area contributed by atoms with Crippen LogP contribution in [0.25, 0.3) is 0 Å². The Kier molecular flexibility index (Phi) is 1.54. The zero-order chi connectivity index (χ0) is 5.98. The number of rotatable bonds is 0. The molecule has 0 bridgehead atoms. The van der Waals surface area contributed by atoms with Gasteiger partial charge in [-0.3, -0.25) is 0 Å². The van der Waals surface area contributed by atoms with Crippen molar-refractivity contribution in [1.29, 1.82) is 0 Å². The topological polar surface area (TPSA) is 0 Å². The van der Waals surface area contributed by atoms with Gasteiger partial charge in [0.2, 0.25) is 5.02 Å². The lowest BCUT2D eigenvalue weighted by atomic mass is 10.2. The number of halogens is 1. The van der Waals surface area contributed by atoms with Gasteiger partial charge in [0.1, 0.15) is 0 Å². The van der Waals surface area contributed by atoms with Crippen molar-refractivity contribution in [3.05, 3.63) is 34.9 Å². The summed E-state index contributed by atoms with van der Waals surface area (Å²) in [6, 6.07) is 7.91. The van der Waals surface area contributed by atoms with Gasteiger partial charge in [0, 0.05) is 12.1 Å². The molecular formula is C7H8Cl+. The molecule has 0 heterocycles. The molecule has 0 fully saturated rings. The minimum absolute atomic E-state index is 0.921. The second kappa shape index (κ2) is 2.19. The Balaban J connectivity index is 3.08. The van der Waals surface area contributed by atoms with E-state index in [2.05, 4.69) is 0 Å². The molecule has 1 heteroatoms. The molecule has 0 aliphatic rings. The molecule has 0 aromatic heterocycles. The van der Waals surface area contributed by atoms with E-state index in [0.29, 0.717) is 0 Å². The van der Waals surface area contributed by atoms with Gasteiger partial charge in [-0.15, -0.1) is 0 Å². The minimum Gasteiger partial charge on any atom is -0.0589 e. The Hall–Kier alpha value is -0.490. The number of hydrogen-bond acceptors (Lipinski definition) is 0. The van der Waals surface area contributed by atoms with E-state index in [1.807, 2.05) is 31.2 Å². The summed E-state index contributed by atoms with van der Waals surface area (Å²) < 4.78 is 0. The molecule has 0 aliphatic carbocycles. The van der Waals surface area contributed by atoms with Crippen molar-refractivity contribution in [2.75, 3.05) is 0 Å². The van der Waals surface area contributed by atoms with Crippen LogP contribution in [0, 0.1) is 18.5 Å². The normalized spacial score (nSPS) is 9.25. The molecule has 0 unspecified atom stereocenters. The van der Waals surface area contributed by atoms with Crippen molar-refractivity contribution in [3.8, 4) is 0 Å². The van der Waals surface area contributed by atoms with Crippen molar-refractivity contribution in [3.63, 3.8) is 0 Å². The lowest BCUT2D eigenvalue weighted by Crippen LogP contribution is -1.69. The number of hydrogen-bond donors (Lipinski definition) is 0. The predicted molar refractivity (Wildman–Crippen MR) is 31.7 cm³/mol.